The summed E-state index contributed by atoms with van der Waals surface area (Å²) < 4.78 is 8.49. The van der Waals surface area contributed by atoms with E-state index in [9.17, 15) is 9.59 Å². The van der Waals surface area contributed by atoms with Crippen LogP contribution in [0.4, 0.5) is 5.69 Å². The second kappa shape index (κ2) is 7.89. The molecule has 0 aliphatic rings. The molecule has 0 saturated heterocycles. The van der Waals surface area contributed by atoms with Gasteiger partial charge in [-0.2, -0.15) is 0 Å². The molecule has 29 heavy (non-hydrogen) atoms. The van der Waals surface area contributed by atoms with Crippen LogP contribution >= 0.6 is 0 Å². The third kappa shape index (κ3) is 3.52. The number of nitrogens with one attached hydrogen (secondary N) is 1. The smallest absolute Gasteiger partial charge is 0.272 e. The maximum absolute atomic E-state index is 13.1. The number of carbonyl (C=O) groups excluding carboxylic acids is 1. The van der Waals surface area contributed by atoms with Gasteiger partial charge in [0.1, 0.15) is 17.0 Å². The number of rotatable bonds is 6. The molecule has 1 N–H and O–H groups in total. The predicted molar refractivity (Wildman–Crippen MR) is 113 cm³/mol. The monoisotopic (exact) mass is 390 g/mol. The molecular formula is C22H22N4O3. The van der Waals surface area contributed by atoms with E-state index in [1.165, 1.54) is 4.40 Å². The maximum Gasteiger partial charge on any atom is 0.272 e. The highest BCUT2D eigenvalue weighted by Crippen LogP contribution is 2.20. The van der Waals surface area contributed by atoms with Crippen LogP contribution in [0.2, 0.25) is 0 Å². The predicted octanol–water partition coefficient (Wildman–Crippen LogP) is 3.25. The first-order valence-corrected chi connectivity index (χ1v) is 9.46. The summed E-state index contributed by atoms with van der Waals surface area (Å²) in [5.74, 6) is -0.281. The minimum Gasteiger partial charge on any atom is -0.385 e. The van der Waals surface area contributed by atoms with Crippen LogP contribution in [0.15, 0.2) is 59.5 Å². The highest BCUT2D eigenvalue weighted by molar-refractivity contribution is 6.06. The maximum atomic E-state index is 13.1. The van der Waals surface area contributed by atoms with Gasteiger partial charge in [-0.1, -0.05) is 24.3 Å². The molecule has 3 aromatic heterocycles. The quantitative estimate of drug-likeness (QED) is 0.513. The molecule has 0 atom stereocenters. The molecule has 1 amide bonds. The summed E-state index contributed by atoms with van der Waals surface area (Å²) in [7, 11) is 1.64. The zero-order valence-electron chi connectivity index (χ0n) is 16.4. The summed E-state index contributed by atoms with van der Waals surface area (Å²) in [6.45, 7) is 2.98. The zero-order chi connectivity index (χ0) is 20.4. The van der Waals surface area contributed by atoms with Crippen molar-refractivity contribution in [3.63, 3.8) is 0 Å². The number of hydrogen-bond donors (Lipinski definition) is 1. The first-order valence-electron chi connectivity index (χ1n) is 9.46. The molecular weight excluding hydrogens is 368 g/mol. The standard InChI is InChI=1S/C22H22N4O3/c1-15-8-6-11-26-19(15)24-20-17(22(26)28)14-18(25(20)12-7-13-29-2)21(27)23-16-9-4-3-5-10-16/h3-6,8-11,14H,7,12-13H2,1-2H3,(H,23,27). The van der Waals surface area contributed by atoms with Gasteiger partial charge in [0.25, 0.3) is 11.5 Å². The molecule has 0 bridgehead atoms. The van der Waals surface area contributed by atoms with Crippen molar-refractivity contribution in [2.45, 2.75) is 19.9 Å². The van der Waals surface area contributed by atoms with Gasteiger partial charge in [0.2, 0.25) is 0 Å². The van der Waals surface area contributed by atoms with Crippen LogP contribution in [0.25, 0.3) is 16.7 Å². The fourth-order valence-electron chi connectivity index (χ4n) is 3.46. The fraction of sp³-hybridized carbons (Fsp3) is 0.227. The Balaban J connectivity index is 1.88. The van der Waals surface area contributed by atoms with Gasteiger partial charge in [-0.25, -0.2) is 4.98 Å². The van der Waals surface area contributed by atoms with Crippen molar-refractivity contribution in [1.29, 1.82) is 0 Å². The van der Waals surface area contributed by atoms with E-state index in [0.29, 0.717) is 47.6 Å². The van der Waals surface area contributed by atoms with Crippen molar-refractivity contribution in [2.24, 2.45) is 0 Å². The normalized spacial score (nSPS) is 11.2. The number of pyridine rings is 1. The largest absolute Gasteiger partial charge is 0.385 e. The van der Waals surface area contributed by atoms with Crippen LogP contribution < -0.4 is 10.9 Å². The lowest BCUT2D eigenvalue weighted by Crippen LogP contribution is -2.18. The number of aryl methyl sites for hydroxylation is 2. The number of anilines is 1. The molecule has 0 aliphatic heterocycles. The number of fused-ring (bicyclic) bond motifs is 2. The highest BCUT2D eigenvalue weighted by atomic mass is 16.5. The Kier molecular flexibility index (Phi) is 5.14. The number of benzene rings is 1. The lowest BCUT2D eigenvalue weighted by Gasteiger charge is -2.11. The number of nitrogens with zero attached hydrogens (tertiary/aromatic N) is 3. The van der Waals surface area contributed by atoms with E-state index in [4.69, 9.17) is 9.72 Å². The topological polar surface area (TPSA) is 77.6 Å². The van der Waals surface area contributed by atoms with E-state index in [1.807, 2.05) is 49.4 Å². The van der Waals surface area contributed by atoms with Crippen LogP contribution in [0, 0.1) is 6.92 Å². The summed E-state index contributed by atoms with van der Waals surface area (Å²) in [5.41, 5.74) is 2.90. The van der Waals surface area contributed by atoms with Gasteiger partial charge in [0, 0.05) is 32.1 Å². The van der Waals surface area contributed by atoms with Gasteiger partial charge in [0.05, 0.1) is 5.39 Å². The van der Waals surface area contributed by atoms with Crippen molar-refractivity contribution >= 4 is 28.3 Å². The van der Waals surface area contributed by atoms with Gasteiger partial charge in [-0.3, -0.25) is 14.0 Å². The Labute approximate surface area is 167 Å². The Morgan fingerprint density at radius 1 is 1.14 bits per heavy atom. The number of ether oxygens (including phenoxy) is 1. The highest BCUT2D eigenvalue weighted by Gasteiger charge is 2.20. The van der Waals surface area contributed by atoms with E-state index in [-0.39, 0.29) is 11.5 Å². The first-order chi connectivity index (χ1) is 14.1. The Morgan fingerprint density at radius 3 is 2.69 bits per heavy atom. The molecule has 7 nitrogen and oxygen atoms in total. The molecule has 1 aromatic carbocycles. The second-order valence-electron chi connectivity index (χ2n) is 6.89. The molecule has 3 heterocycles. The average molecular weight is 390 g/mol. The first kappa shape index (κ1) is 18.9. The minimum atomic E-state index is -0.281. The van der Waals surface area contributed by atoms with Crippen molar-refractivity contribution < 1.29 is 9.53 Å². The fourth-order valence-corrected chi connectivity index (χ4v) is 3.46. The number of carbonyl (C=O) groups is 1. The van der Waals surface area contributed by atoms with Crippen molar-refractivity contribution in [1.82, 2.24) is 14.0 Å². The van der Waals surface area contributed by atoms with E-state index >= 15 is 0 Å². The van der Waals surface area contributed by atoms with Crippen LogP contribution in [0.3, 0.4) is 0 Å². The molecule has 7 heteroatoms. The van der Waals surface area contributed by atoms with Gasteiger partial charge in [-0.05, 0) is 43.2 Å². The summed E-state index contributed by atoms with van der Waals surface area (Å²) >= 11 is 0. The molecule has 4 rings (SSSR count). The number of para-hydroxylation sites is 1. The molecule has 0 fully saturated rings. The van der Waals surface area contributed by atoms with Crippen LogP contribution in [-0.2, 0) is 11.3 Å². The Bertz CT molecular complexity index is 1240. The molecule has 148 valence electrons. The average Bonchev–Trinajstić information content (AvgIpc) is 3.09. The molecule has 0 unspecified atom stereocenters. The minimum absolute atomic E-state index is 0.187. The summed E-state index contributed by atoms with van der Waals surface area (Å²) in [5, 5.41) is 3.31. The zero-order valence-corrected chi connectivity index (χ0v) is 16.4. The Hall–Kier alpha value is -3.45. The lowest BCUT2D eigenvalue weighted by molar-refractivity contribution is 0.101. The molecule has 4 aromatic rings. The van der Waals surface area contributed by atoms with E-state index in [1.54, 1.807) is 23.9 Å². The van der Waals surface area contributed by atoms with Gasteiger partial charge in [-0.15, -0.1) is 0 Å². The van der Waals surface area contributed by atoms with E-state index in [2.05, 4.69) is 5.32 Å². The summed E-state index contributed by atoms with van der Waals surface area (Å²) in [6, 6.07) is 14.6. The van der Waals surface area contributed by atoms with Crippen molar-refractivity contribution in [2.75, 3.05) is 19.0 Å². The third-order valence-electron chi connectivity index (χ3n) is 4.89. The van der Waals surface area contributed by atoms with Gasteiger partial charge >= 0.3 is 0 Å². The molecule has 0 radical (unpaired) electrons. The number of aromatic nitrogens is 3. The third-order valence-corrected chi connectivity index (χ3v) is 4.89. The molecule has 0 saturated carbocycles. The lowest BCUT2D eigenvalue weighted by atomic mass is 10.2. The number of methoxy groups -OCH3 is 1. The van der Waals surface area contributed by atoms with Crippen molar-refractivity contribution in [3.05, 3.63) is 76.3 Å². The van der Waals surface area contributed by atoms with Crippen LogP contribution in [0.1, 0.15) is 22.5 Å². The van der Waals surface area contributed by atoms with Crippen molar-refractivity contribution in [3.8, 4) is 0 Å². The molecule has 0 aliphatic carbocycles. The van der Waals surface area contributed by atoms with Gasteiger partial charge < -0.3 is 14.6 Å². The van der Waals surface area contributed by atoms with Crippen LogP contribution in [-0.4, -0.2) is 33.6 Å². The van der Waals surface area contributed by atoms with Crippen LogP contribution in [0.5, 0.6) is 0 Å². The van der Waals surface area contributed by atoms with Gasteiger partial charge in [0.15, 0.2) is 0 Å². The summed E-state index contributed by atoms with van der Waals surface area (Å²) in [4.78, 5) is 30.8. The SMILES string of the molecule is COCCCn1c(C(=O)Nc2ccccc2)cc2c(=O)n3cccc(C)c3nc21. The number of hydrogen-bond acceptors (Lipinski definition) is 4. The molecule has 0 spiro atoms. The second-order valence-corrected chi connectivity index (χ2v) is 6.89. The Morgan fingerprint density at radius 2 is 1.93 bits per heavy atom. The number of amides is 1. The summed E-state index contributed by atoms with van der Waals surface area (Å²) in [6.07, 6.45) is 2.39. The van der Waals surface area contributed by atoms with E-state index in [0.717, 1.165) is 5.56 Å². The van der Waals surface area contributed by atoms with E-state index < -0.39 is 0 Å².